The van der Waals surface area contributed by atoms with Gasteiger partial charge < -0.3 is 10.2 Å². The van der Waals surface area contributed by atoms with Gasteiger partial charge in [0.25, 0.3) is 0 Å². The average Bonchev–Trinajstić information content (AvgIpc) is 2.92. The minimum Gasteiger partial charge on any atom is -0.356 e. The highest BCUT2D eigenvalue weighted by Crippen LogP contribution is 2.25. The van der Waals surface area contributed by atoms with Crippen LogP contribution in [0, 0.1) is 0 Å². The van der Waals surface area contributed by atoms with Crippen LogP contribution in [0.2, 0.25) is 0 Å². The predicted molar refractivity (Wildman–Crippen MR) is 85.1 cm³/mol. The summed E-state index contributed by atoms with van der Waals surface area (Å²) in [7, 11) is 4.19. The van der Waals surface area contributed by atoms with E-state index in [4.69, 9.17) is 4.98 Å². The molecular weight excluding hydrogens is 254 g/mol. The third kappa shape index (κ3) is 3.86. The number of hydrogen-bond acceptors (Lipinski definition) is 4. The molecule has 1 fully saturated rings. The fraction of sp³-hybridized carbons (Fsp3) is 0.667. The molecule has 1 aliphatic heterocycles. The van der Waals surface area contributed by atoms with E-state index in [2.05, 4.69) is 48.1 Å². The summed E-state index contributed by atoms with van der Waals surface area (Å²) in [5, 5.41) is 3.24. The number of aromatic nitrogens is 1. The molecule has 0 radical (unpaired) electrons. The van der Waals surface area contributed by atoms with Gasteiger partial charge in [-0.2, -0.15) is 11.8 Å². The summed E-state index contributed by atoms with van der Waals surface area (Å²) in [6.45, 7) is 3.13. The minimum atomic E-state index is 0.650. The van der Waals surface area contributed by atoms with Gasteiger partial charge in [0.05, 0.1) is 0 Å². The van der Waals surface area contributed by atoms with Crippen molar-refractivity contribution in [3.63, 3.8) is 0 Å². The molecule has 1 N–H and O–H groups in total. The summed E-state index contributed by atoms with van der Waals surface area (Å²) in [6.07, 6.45) is 3.50. The predicted octanol–water partition coefficient (Wildman–Crippen LogP) is 2.70. The molecular formula is C15H25N3S. The highest BCUT2D eigenvalue weighted by molar-refractivity contribution is 7.99. The first kappa shape index (κ1) is 14.7. The van der Waals surface area contributed by atoms with Gasteiger partial charge in [0.15, 0.2) is 0 Å². The number of hydrogen-bond donors (Lipinski definition) is 1. The van der Waals surface area contributed by atoms with Crippen LogP contribution < -0.4 is 10.2 Å². The summed E-state index contributed by atoms with van der Waals surface area (Å²) in [5.74, 6) is 3.66. The zero-order valence-corrected chi connectivity index (χ0v) is 13.1. The van der Waals surface area contributed by atoms with Gasteiger partial charge in [-0.3, -0.25) is 0 Å². The van der Waals surface area contributed by atoms with Crippen molar-refractivity contribution >= 4 is 17.6 Å². The summed E-state index contributed by atoms with van der Waals surface area (Å²) in [4.78, 5) is 7.21. The molecule has 0 bridgehead atoms. The molecule has 1 atom stereocenters. The first-order valence-electron chi connectivity index (χ1n) is 7.19. The van der Waals surface area contributed by atoms with Crippen LogP contribution in [0.15, 0.2) is 12.1 Å². The minimum absolute atomic E-state index is 0.650. The molecule has 19 heavy (non-hydrogen) atoms. The van der Waals surface area contributed by atoms with E-state index in [-0.39, 0.29) is 0 Å². The van der Waals surface area contributed by atoms with Crippen molar-refractivity contribution in [2.24, 2.45) is 0 Å². The molecule has 3 nitrogen and oxygen atoms in total. The number of nitrogens with one attached hydrogen (secondary N) is 1. The Kier molecular flexibility index (Phi) is 5.52. The van der Waals surface area contributed by atoms with Gasteiger partial charge in [0.2, 0.25) is 0 Å². The first-order chi connectivity index (χ1) is 9.24. The van der Waals surface area contributed by atoms with Crippen molar-refractivity contribution in [2.75, 3.05) is 30.5 Å². The van der Waals surface area contributed by atoms with Gasteiger partial charge in [0, 0.05) is 31.1 Å². The molecule has 1 saturated heterocycles. The molecule has 0 spiro atoms. The summed E-state index contributed by atoms with van der Waals surface area (Å²) in [5.41, 5.74) is 2.57. The molecule has 4 heteroatoms. The third-order valence-corrected chi connectivity index (χ3v) is 4.77. The van der Waals surface area contributed by atoms with Crippen molar-refractivity contribution in [1.82, 2.24) is 10.3 Å². The van der Waals surface area contributed by atoms with Gasteiger partial charge in [-0.05, 0) is 43.3 Å². The fourth-order valence-electron chi connectivity index (χ4n) is 2.52. The number of pyridine rings is 1. The Labute approximate surface area is 121 Å². The number of anilines is 1. The Bertz CT molecular complexity index is 378. The second-order valence-electron chi connectivity index (χ2n) is 5.23. The molecule has 0 aliphatic carbocycles. The summed E-state index contributed by atoms with van der Waals surface area (Å²) < 4.78 is 0. The monoisotopic (exact) mass is 279 g/mol. The number of aryl methyl sites for hydroxylation is 1. The Morgan fingerprint density at radius 2 is 2.32 bits per heavy atom. The van der Waals surface area contributed by atoms with Crippen LogP contribution in [0.3, 0.4) is 0 Å². The Morgan fingerprint density at radius 3 is 2.95 bits per heavy atom. The fourth-order valence-corrected chi connectivity index (χ4v) is 3.79. The van der Waals surface area contributed by atoms with E-state index < -0.39 is 0 Å². The van der Waals surface area contributed by atoms with E-state index in [9.17, 15) is 0 Å². The van der Waals surface area contributed by atoms with E-state index in [1.54, 1.807) is 0 Å². The highest BCUT2D eigenvalue weighted by Gasteiger charge is 2.21. The largest absolute Gasteiger partial charge is 0.356 e. The quantitative estimate of drug-likeness (QED) is 0.866. The molecule has 0 amide bonds. The molecule has 0 saturated carbocycles. The number of thioether (sulfide) groups is 1. The van der Waals surface area contributed by atoms with Gasteiger partial charge >= 0.3 is 0 Å². The van der Waals surface area contributed by atoms with Crippen LogP contribution in [0.25, 0.3) is 0 Å². The Balaban J connectivity index is 2.21. The van der Waals surface area contributed by atoms with Gasteiger partial charge in [0.1, 0.15) is 5.82 Å². The van der Waals surface area contributed by atoms with E-state index in [0.29, 0.717) is 6.04 Å². The molecule has 1 aliphatic rings. The van der Waals surface area contributed by atoms with Crippen LogP contribution in [0.4, 0.5) is 5.82 Å². The maximum absolute atomic E-state index is 4.84. The number of nitrogens with zero attached hydrogens (tertiary/aromatic N) is 2. The first-order valence-corrected chi connectivity index (χ1v) is 8.35. The Hall–Kier alpha value is -0.740. The topological polar surface area (TPSA) is 28.2 Å². The molecule has 1 aromatic heterocycles. The zero-order chi connectivity index (χ0) is 13.7. The molecule has 2 heterocycles. The van der Waals surface area contributed by atoms with Crippen LogP contribution in [0.1, 0.15) is 31.0 Å². The average molecular weight is 279 g/mol. The van der Waals surface area contributed by atoms with Gasteiger partial charge in [-0.15, -0.1) is 0 Å². The normalized spacial score (nSPS) is 18.8. The molecule has 106 valence electrons. The van der Waals surface area contributed by atoms with Crippen LogP contribution >= 0.6 is 11.8 Å². The lowest BCUT2D eigenvalue weighted by atomic mass is 10.1. The lowest BCUT2D eigenvalue weighted by molar-refractivity contribution is 0.686. The van der Waals surface area contributed by atoms with Crippen molar-refractivity contribution in [3.8, 4) is 0 Å². The van der Waals surface area contributed by atoms with Gasteiger partial charge in [-0.25, -0.2) is 4.98 Å². The van der Waals surface area contributed by atoms with Crippen LogP contribution in [-0.4, -0.2) is 36.6 Å². The van der Waals surface area contributed by atoms with Crippen molar-refractivity contribution in [1.29, 1.82) is 0 Å². The zero-order valence-electron chi connectivity index (χ0n) is 12.3. The van der Waals surface area contributed by atoms with Gasteiger partial charge in [-0.1, -0.05) is 13.3 Å². The standard InChI is InChI=1S/C15H25N3S/c1-4-5-13-8-12(10-16-2)9-15(17-13)18(3)14-6-7-19-11-14/h8-9,14,16H,4-7,10-11H2,1-3H3. The van der Waals surface area contributed by atoms with E-state index in [0.717, 1.165) is 25.2 Å². The summed E-state index contributed by atoms with van der Waals surface area (Å²) >= 11 is 2.05. The number of rotatable bonds is 6. The third-order valence-electron chi connectivity index (χ3n) is 3.63. The van der Waals surface area contributed by atoms with Crippen molar-refractivity contribution < 1.29 is 0 Å². The molecule has 1 unspecified atom stereocenters. The summed E-state index contributed by atoms with van der Waals surface area (Å²) in [6, 6.07) is 5.12. The lowest BCUT2D eigenvalue weighted by Gasteiger charge is -2.26. The van der Waals surface area contributed by atoms with E-state index in [1.165, 1.54) is 29.2 Å². The van der Waals surface area contributed by atoms with Crippen molar-refractivity contribution in [3.05, 3.63) is 23.4 Å². The molecule has 1 aromatic rings. The van der Waals surface area contributed by atoms with Crippen LogP contribution in [0.5, 0.6) is 0 Å². The second kappa shape index (κ2) is 7.15. The highest BCUT2D eigenvalue weighted by atomic mass is 32.2. The molecule has 0 aromatic carbocycles. The van der Waals surface area contributed by atoms with E-state index in [1.807, 2.05) is 7.05 Å². The lowest BCUT2D eigenvalue weighted by Crippen LogP contribution is -2.32. The molecule has 2 rings (SSSR count). The van der Waals surface area contributed by atoms with E-state index >= 15 is 0 Å². The SMILES string of the molecule is CCCc1cc(CNC)cc(N(C)C2CCSC2)n1. The smallest absolute Gasteiger partial charge is 0.129 e. The van der Waals surface area contributed by atoms with Crippen molar-refractivity contribution in [2.45, 2.75) is 38.8 Å². The second-order valence-corrected chi connectivity index (χ2v) is 6.38. The maximum Gasteiger partial charge on any atom is 0.129 e. The maximum atomic E-state index is 4.84. The Morgan fingerprint density at radius 1 is 1.47 bits per heavy atom. The van der Waals surface area contributed by atoms with Crippen LogP contribution in [-0.2, 0) is 13.0 Å².